The number of benzene rings is 1. The van der Waals surface area contributed by atoms with Crippen LogP contribution < -0.4 is 16.0 Å². The molecule has 1 aliphatic rings. The molecule has 6 heteroatoms. The number of hydrogen-bond acceptors (Lipinski definition) is 5. The number of aromatic nitrogens is 1. The van der Waals surface area contributed by atoms with Gasteiger partial charge in [-0.2, -0.15) is 0 Å². The first-order valence-electron chi connectivity index (χ1n) is 6.98. The molecule has 1 atom stereocenters. The number of rotatable bonds is 3. The van der Waals surface area contributed by atoms with Crippen LogP contribution in [0.4, 0.5) is 17.2 Å². The van der Waals surface area contributed by atoms with Crippen LogP contribution >= 0.6 is 0 Å². The van der Waals surface area contributed by atoms with Crippen LogP contribution in [0, 0.1) is 0 Å². The number of nitrogens with one attached hydrogen (secondary N) is 3. The Morgan fingerprint density at radius 1 is 1.18 bits per heavy atom. The van der Waals surface area contributed by atoms with E-state index in [1.807, 2.05) is 44.3 Å². The number of aliphatic hydroxyl groups excluding tert-OH is 1. The minimum atomic E-state index is 0.000398. The van der Waals surface area contributed by atoms with Gasteiger partial charge in [0.2, 0.25) is 0 Å². The van der Waals surface area contributed by atoms with Gasteiger partial charge in [0.15, 0.2) is 0 Å². The highest BCUT2D eigenvalue weighted by molar-refractivity contribution is 5.99. The molecule has 1 aromatic heterocycles. The molecule has 0 bridgehead atoms. The number of carbonyl (C=O) groups excluding carboxylic acids is 1. The second kappa shape index (κ2) is 6.91. The van der Waals surface area contributed by atoms with Crippen molar-refractivity contribution in [1.29, 1.82) is 0 Å². The van der Waals surface area contributed by atoms with Crippen molar-refractivity contribution < 1.29 is 9.90 Å². The topological polar surface area (TPSA) is 86.3 Å². The lowest BCUT2D eigenvalue weighted by Crippen LogP contribution is -2.16. The standard InChI is InChI=1S/C15H16N4O.CH4O/c1-9-13-7-10(3-4-12(13)15(20)18-9)19-11-5-6-17-14(8-11)16-2;1-2/h3-9H,1-2H3,(H,18,20)(H2,16,17,19);2H,1H3. The van der Waals surface area contributed by atoms with Crippen molar-refractivity contribution in [2.75, 3.05) is 24.8 Å². The smallest absolute Gasteiger partial charge is 0.252 e. The fourth-order valence-corrected chi connectivity index (χ4v) is 2.37. The summed E-state index contributed by atoms with van der Waals surface area (Å²) in [6.07, 6.45) is 1.75. The highest BCUT2D eigenvalue weighted by Crippen LogP contribution is 2.29. The lowest BCUT2D eigenvalue weighted by Gasteiger charge is -2.10. The summed E-state index contributed by atoms with van der Waals surface area (Å²) in [4.78, 5) is 15.9. The van der Waals surface area contributed by atoms with E-state index in [9.17, 15) is 4.79 Å². The third-order valence-corrected chi connectivity index (χ3v) is 3.42. The van der Waals surface area contributed by atoms with Crippen molar-refractivity contribution in [3.63, 3.8) is 0 Å². The molecule has 116 valence electrons. The average molecular weight is 300 g/mol. The number of amides is 1. The Hall–Kier alpha value is -2.60. The molecule has 22 heavy (non-hydrogen) atoms. The first-order valence-corrected chi connectivity index (χ1v) is 6.98. The number of hydrogen-bond donors (Lipinski definition) is 4. The van der Waals surface area contributed by atoms with Gasteiger partial charge in [-0.3, -0.25) is 4.79 Å². The monoisotopic (exact) mass is 300 g/mol. The molecule has 6 nitrogen and oxygen atoms in total. The van der Waals surface area contributed by atoms with Crippen LogP contribution in [0.2, 0.25) is 0 Å². The molecule has 0 saturated carbocycles. The molecule has 1 unspecified atom stereocenters. The number of fused-ring (bicyclic) bond motifs is 1. The normalized spacial score (nSPS) is 15.3. The molecule has 3 rings (SSSR count). The van der Waals surface area contributed by atoms with Gasteiger partial charge >= 0.3 is 0 Å². The van der Waals surface area contributed by atoms with Gasteiger partial charge in [-0.25, -0.2) is 4.98 Å². The predicted octanol–water partition coefficient (Wildman–Crippen LogP) is 2.28. The Morgan fingerprint density at radius 2 is 1.91 bits per heavy atom. The van der Waals surface area contributed by atoms with E-state index >= 15 is 0 Å². The second-order valence-electron chi connectivity index (χ2n) is 4.80. The van der Waals surface area contributed by atoms with Crippen LogP contribution in [0.3, 0.4) is 0 Å². The van der Waals surface area contributed by atoms with E-state index in [1.165, 1.54) is 0 Å². The van der Waals surface area contributed by atoms with E-state index in [-0.39, 0.29) is 11.9 Å². The van der Waals surface area contributed by atoms with Crippen molar-refractivity contribution in [2.24, 2.45) is 0 Å². The Morgan fingerprint density at radius 3 is 2.64 bits per heavy atom. The summed E-state index contributed by atoms with van der Waals surface area (Å²) in [7, 11) is 2.83. The van der Waals surface area contributed by atoms with Crippen molar-refractivity contribution in [2.45, 2.75) is 13.0 Å². The van der Waals surface area contributed by atoms with Crippen LogP contribution in [-0.4, -0.2) is 30.2 Å². The van der Waals surface area contributed by atoms with E-state index in [4.69, 9.17) is 5.11 Å². The third kappa shape index (κ3) is 3.17. The molecule has 4 N–H and O–H groups in total. The Bertz CT molecular complexity index is 673. The van der Waals surface area contributed by atoms with Gasteiger partial charge in [0.25, 0.3) is 5.91 Å². The fraction of sp³-hybridized carbons (Fsp3) is 0.250. The van der Waals surface area contributed by atoms with Crippen molar-refractivity contribution in [1.82, 2.24) is 10.3 Å². The summed E-state index contributed by atoms with van der Waals surface area (Å²) in [6.45, 7) is 1.99. The highest BCUT2D eigenvalue weighted by atomic mass is 16.2. The summed E-state index contributed by atoms with van der Waals surface area (Å²) >= 11 is 0. The minimum absolute atomic E-state index is 0.000398. The van der Waals surface area contributed by atoms with Crippen LogP contribution in [0.1, 0.15) is 28.9 Å². The van der Waals surface area contributed by atoms with Crippen LogP contribution in [0.5, 0.6) is 0 Å². The summed E-state index contributed by atoms with van der Waals surface area (Å²) in [6, 6.07) is 9.68. The van der Waals surface area contributed by atoms with Gasteiger partial charge < -0.3 is 21.1 Å². The number of nitrogens with zero attached hydrogens (tertiary/aromatic N) is 1. The number of carbonyl (C=O) groups is 1. The van der Waals surface area contributed by atoms with Gasteiger partial charge in [-0.15, -0.1) is 0 Å². The van der Waals surface area contributed by atoms with E-state index in [0.29, 0.717) is 0 Å². The van der Waals surface area contributed by atoms with E-state index in [2.05, 4.69) is 20.9 Å². The van der Waals surface area contributed by atoms with E-state index in [0.717, 1.165) is 35.4 Å². The lowest BCUT2D eigenvalue weighted by atomic mass is 10.0. The summed E-state index contributed by atoms with van der Waals surface area (Å²) in [5.41, 5.74) is 3.70. The zero-order valence-corrected chi connectivity index (χ0v) is 12.8. The maximum atomic E-state index is 11.7. The third-order valence-electron chi connectivity index (χ3n) is 3.42. The molecule has 1 aliphatic heterocycles. The molecular formula is C16H20N4O2. The Balaban J connectivity index is 0.000000847. The molecule has 2 heterocycles. The largest absolute Gasteiger partial charge is 0.400 e. The maximum absolute atomic E-state index is 11.7. The first kappa shape index (κ1) is 15.8. The van der Waals surface area contributed by atoms with Gasteiger partial charge in [0.1, 0.15) is 5.82 Å². The summed E-state index contributed by atoms with van der Waals surface area (Å²) < 4.78 is 0. The molecule has 0 saturated heterocycles. The van der Waals surface area contributed by atoms with Crippen molar-refractivity contribution in [3.8, 4) is 0 Å². The van der Waals surface area contributed by atoms with Gasteiger partial charge in [-0.05, 0) is 36.8 Å². The molecule has 0 spiro atoms. The van der Waals surface area contributed by atoms with Gasteiger partial charge in [-0.1, -0.05) is 0 Å². The second-order valence-corrected chi connectivity index (χ2v) is 4.80. The van der Waals surface area contributed by atoms with Crippen molar-refractivity contribution >= 4 is 23.1 Å². The Labute approximate surface area is 129 Å². The summed E-state index contributed by atoms with van der Waals surface area (Å²) in [5, 5.41) is 16.2. The molecule has 2 aromatic rings. The number of anilines is 3. The minimum Gasteiger partial charge on any atom is -0.400 e. The van der Waals surface area contributed by atoms with E-state index < -0.39 is 0 Å². The molecule has 1 amide bonds. The zero-order valence-electron chi connectivity index (χ0n) is 12.8. The Kier molecular flexibility index (Phi) is 4.95. The van der Waals surface area contributed by atoms with Crippen LogP contribution in [-0.2, 0) is 0 Å². The predicted molar refractivity (Wildman–Crippen MR) is 87.5 cm³/mol. The molecular weight excluding hydrogens is 280 g/mol. The first-order chi connectivity index (χ1) is 10.7. The SMILES string of the molecule is CNc1cc(Nc2ccc3c(c2)C(C)NC3=O)ccn1.CO. The van der Waals surface area contributed by atoms with Gasteiger partial charge in [0, 0.05) is 43.4 Å². The van der Waals surface area contributed by atoms with Crippen LogP contribution in [0.25, 0.3) is 0 Å². The zero-order chi connectivity index (χ0) is 16.1. The molecule has 0 aliphatic carbocycles. The van der Waals surface area contributed by atoms with Crippen molar-refractivity contribution in [3.05, 3.63) is 47.7 Å². The van der Waals surface area contributed by atoms with Crippen LogP contribution in [0.15, 0.2) is 36.5 Å². The summed E-state index contributed by atoms with van der Waals surface area (Å²) in [5.74, 6) is 0.807. The molecule has 0 radical (unpaired) electrons. The molecule has 1 aromatic carbocycles. The number of aliphatic hydroxyl groups is 1. The fourth-order valence-electron chi connectivity index (χ4n) is 2.37. The number of pyridine rings is 1. The molecule has 0 fully saturated rings. The quantitative estimate of drug-likeness (QED) is 0.698. The lowest BCUT2D eigenvalue weighted by molar-refractivity contribution is 0.0958. The maximum Gasteiger partial charge on any atom is 0.252 e. The highest BCUT2D eigenvalue weighted by Gasteiger charge is 2.25. The van der Waals surface area contributed by atoms with Gasteiger partial charge in [0.05, 0.1) is 6.04 Å². The average Bonchev–Trinajstić information content (AvgIpc) is 2.84. The van der Waals surface area contributed by atoms with E-state index in [1.54, 1.807) is 6.20 Å².